The van der Waals surface area contributed by atoms with Gasteiger partial charge in [0.15, 0.2) is 5.65 Å². The summed E-state index contributed by atoms with van der Waals surface area (Å²) in [4.78, 5) is 47.8. The molecule has 2 aromatic heterocycles. The summed E-state index contributed by atoms with van der Waals surface area (Å²) in [7, 11) is 5.44. The number of carboxylic acids is 1. The second-order valence-electron chi connectivity index (χ2n) is 10.4. The van der Waals surface area contributed by atoms with E-state index in [0.29, 0.717) is 60.4 Å². The number of carbonyl (C=O) groups is 3. The highest BCUT2D eigenvalue weighted by molar-refractivity contribution is 6.05. The predicted octanol–water partition coefficient (Wildman–Crippen LogP) is 4.26. The van der Waals surface area contributed by atoms with E-state index in [-0.39, 0.29) is 12.3 Å². The average molecular weight is 587 g/mol. The summed E-state index contributed by atoms with van der Waals surface area (Å²) in [6, 6.07) is 14.7. The van der Waals surface area contributed by atoms with Crippen molar-refractivity contribution < 1.29 is 24.2 Å². The number of aldehydes is 1. The summed E-state index contributed by atoms with van der Waals surface area (Å²) in [5, 5.41) is 16.2. The van der Waals surface area contributed by atoms with E-state index >= 15 is 0 Å². The van der Waals surface area contributed by atoms with Crippen LogP contribution < -0.4 is 15.4 Å². The van der Waals surface area contributed by atoms with Gasteiger partial charge in [-0.15, -0.1) is 0 Å². The first kappa shape index (κ1) is 31.3. The van der Waals surface area contributed by atoms with E-state index in [1.165, 1.54) is 10.9 Å². The molecule has 0 saturated carbocycles. The number of benzene rings is 2. The molecule has 4 rings (SSSR count). The lowest BCUT2D eigenvalue weighted by molar-refractivity contribution is -0.137. The third-order valence-corrected chi connectivity index (χ3v) is 7.25. The minimum absolute atomic E-state index is 0.116. The molecule has 43 heavy (non-hydrogen) atoms. The normalized spacial score (nSPS) is 11.9. The largest absolute Gasteiger partial charge is 0.496 e. The maximum absolute atomic E-state index is 13.7. The van der Waals surface area contributed by atoms with Crippen molar-refractivity contribution in [3.05, 3.63) is 77.7 Å². The van der Waals surface area contributed by atoms with Crippen LogP contribution in [-0.2, 0) is 22.6 Å². The average Bonchev–Trinajstić information content (AvgIpc) is 3.38. The van der Waals surface area contributed by atoms with Crippen molar-refractivity contribution in [1.82, 2.24) is 24.8 Å². The fraction of sp³-hybridized carbons (Fsp3) is 0.344. The number of ether oxygens (including phenoxy) is 1. The third-order valence-electron chi connectivity index (χ3n) is 7.25. The number of carboxylic acid groups (broad SMARTS) is 1. The van der Waals surface area contributed by atoms with Crippen molar-refractivity contribution in [3.8, 4) is 5.75 Å². The highest BCUT2D eigenvalue weighted by Gasteiger charge is 2.26. The lowest BCUT2D eigenvalue weighted by atomic mass is 10.00. The number of nitrogens with one attached hydrogen (secondary N) is 2. The molecule has 226 valence electrons. The minimum atomic E-state index is -0.968. The Kier molecular flexibility index (Phi) is 11.0. The smallest absolute Gasteiger partial charge is 0.303 e. The topological polar surface area (TPSA) is 139 Å². The van der Waals surface area contributed by atoms with Crippen LogP contribution in [0.2, 0.25) is 0 Å². The quantitative estimate of drug-likeness (QED) is 0.0992. The SMILES string of the molecule is CNCCCc1cn(C(=O)C(C=O)c2ccccc2)c2ncnc(Nc3ccc(OC)c(CN(C)CCCC(=O)O)c3)c12. The van der Waals surface area contributed by atoms with Crippen LogP contribution in [0.25, 0.3) is 11.0 Å². The zero-order valence-corrected chi connectivity index (χ0v) is 24.7. The van der Waals surface area contributed by atoms with Gasteiger partial charge in [-0.1, -0.05) is 30.3 Å². The van der Waals surface area contributed by atoms with Crippen LogP contribution >= 0.6 is 0 Å². The van der Waals surface area contributed by atoms with Gasteiger partial charge in [0.05, 0.1) is 12.5 Å². The van der Waals surface area contributed by atoms with Crippen LogP contribution in [-0.4, -0.2) is 77.0 Å². The molecule has 0 aliphatic carbocycles. The number of methoxy groups -OCH3 is 1. The maximum atomic E-state index is 13.7. The number of aliphatic carboxylic acids is 1. The van der Waals surface area contributed by atoms with E-state index < -0.39 is 11.9 Å². The molecule has 2 heterocycles. The molecule has 1 unspecified atom stereocenters. The van der Waals surface area contributed by atoms with Crippen molar-refractivity contribution in [2.24, 2.45) is 0 Å². The number of aryl methyl sites for hydroxylation is 1. The van der Waals surface area contributed by atoms with E-state index in [9.17, 15) is 14.4 Å². The number of anilines is 2. The highest BCUT2D eigenvalue weighted by atomic mass is 16.5. The summed E-state index contributed by atoms with van der Waals surface area (Å²) in [5.74, 6) is -0.896. The molecule has 4 aromatic rings. The Morgan fingerprint density at radius 2 is 1.91 bits per heavy atom. The first-order valence-electron chi connectivity index (χ1n) is 14.2. The van der Waals surface area contributed by atoms with Crippen molar-refractivity contribution in [2.75, 3.05) is 39.6 Å². The molecule has 0 fully saturated rings. The van der Waals surface area contributed by atoms with Gasteiger partial charge in [-0.25, -0.2) is 9.97 Å². The van der Waals surface area contributed by atoms with Gasteiger partial charge in [0.2, 0.25) is 5.91 Å². The maximum Gasteiger partial charge on any atom is 0.303 e. The first-order chi connectivity index (χ1) is 20.9. The molecule has 11 heteroatoms. The van der Waals surface area contributed by atoms with Gasteiger partial charge in [0.25, 0.3) is 0 Å². The Balaban J connectivity index is 1.68. The molecular formula is C32H38N6O5. The van der Waals surface area contributed by atoms with Gasteiger partial charge in [0, 0.05) is 30.4 Å². The van der Waals surface area contributed by atoms with Gasteiger partial charge in [-0.2, -0.15) is 0 Å². The van der Waals surface area contributed by atoms with E-state index in [1.54, 1.807) is 37.6 Å². The third kappa shape index (κ3) is 7.82. The number of hydrogen-bond donors (Lipinski definition) is 3. The molecule has 0 radical (unpaired) electrons. The highest BCUT2D eigenvalue weighted by Crippen LogP contribution is 2.32. The number of nitrogens with zero attached hydrogens (tertiary/aromatic N) is 4. The fourth-order valence-electron chi connectivity index (χ4n) is 5.12. The Morgan fingerprint density at radius 3 is 2.60 bits per heavy atom. The van der Waals surface area contributed by atoms with Crippen LogP contribution in [0.5, 0.6) is 5.75 Å². The number of hydrogen-bond acceptors (Lipinski definition) is 9. The molecule has 0 amide bonds. The van der Waals surface area contributed by atoms with Crippen molar-refractivity contribution >= 4 is 40.7 Å². The summed E-state index contributed by atoms with van der Waals surface area (Å²) in [6.07, 6.45) is 6.01. The van der Waals surface area contributed by atoms with E-state index in [0.717, 1.165) is 29.8 Å². The molecular weight excluding hydrogens is 548 g/mol. The van der Waals surface area contributed by atoms with E-state index in [2.05, 4.69) is 25.5 Å². The molecule has 1 atom stereocenters. The Bertz CT molecular complexity index is 1550. The standard InChI is InChI=1S/C32H38N6O5/c1-33-15-7-11-23-19-38(32(42)26(20-39)22-9-5-4-6-10-22)31-29(23)30(34-21-35-31)36-25-13-14-27(43-3)24(17-25)18-37(2)16-8-12-28(40)41/h4-6,9-10,13-14,17,19-21,26,33H,7-8,11-12,15-16,18H2,1-3H3,(H,40,41)(H,34,35,36). The lowest BCUT2D eigenvalue weighted by Gasteiger charge is -2.19. The van der Waals surface area contributed by atoms with Gasteiger partial charge in [-0.3, -0.25) is 14.2 Å². The minimum Gasteiger partial charge on any atom is -0.496 e. The zero-order chi connectivity index (χ0) is 30.8. The Hall–Kier alpha value is -4.61. The number of rotatable bonds is 16. The lowest BCUT2D eigenvalue weighted by Crippen LogP contribution is -2.21. The number of fused-ring (bicyclic) bond motifs is 1. The summed E-state index contributed by atoms with van der Waals surface area (Å²) < 4.78 is 7.05. The monoisotopic (exact) mass is 586 g/mol. The molecule has 0 spiro atoms. The zero-order valence-electron chi connectivity index (χ0n) is 24.7. The molecule has 0 aliphatic rings. The number of carbonyl (C=O) groups excluding carboxylic acids is 2. The summed E-state index contributed by atoms with van der Waals surface area (Å²) in [5.41, 5.74) is 3.63. The molecule has 0 bridgehead atoms. The second-order valence-corrected chi connectivity index (χ2v) is 10.4. The molecule has 0 saturated heterocycles. The van der Waals surface area contributed by atoms with Gasteiger partial charge in [0.1, 0.15) is 30.1 Å². The van der Waals surface area contributed by atoms with Crippen molar-refractivity contribution in [3.63, 3.8) is 0 Å². The molecule has 11 nitrogen and oxygen atoms in total. The van der Waals surface area contributed by atoms with Gasteiger partial charge in [-0.05, 0) is 75.8 Å². The van der Waals surface area contributed by atoms with Gasteiger partial charge >= 0.3 is 5.97 Å². The molecule has 3 N–H and O–H groups in total. The van der Waals surface area contributed by atoms with Crippen LogP contribution in [0, 0.1) is 0 Å². The van der Waals surface area contributed by atoms with Crippen LogP contribution in [0.1, 0.15) is 46.7 Å². The second kappa shape index (κ2) is 15.0. The molecule has 2 aromatic carbocycles. The summed E-state index contributed by atoms with van der Waals surface area (Å²) >= 11 is 0. The predicted molar refractivity (Wildman–Crippen MR) is 165 cm³/mol. The van der Waals surface area contributed by atoms with Crippen molar-refractivity contribution in [1.29, 1.82) is 0 Å². The Labute approximate surface area is 250 Å². The Morgan fingerprint density at radius 1 is 1.12 bits per heavy atom. The van der Waals surface area contributed by atoms with E-state index in [1.807, 2.05) is 38.4 Å². The molecule has 0 aliphatic heterocycles. The van der Waals surface area contributed by atoms with Crippen molar-refractivity contribution in [2.45, 2.75) is 38.1 Å². The number of aromatic nitrogens is 3. The summed E-state index contributed by atoms with van der Waals surface area (Å²) in [6.45, 7) is 1.98. The van der Waals surface area contributed by atoms with Gasteiger partial charge < -0.3 is 30.2 Å². The fourth-order valence-corrected chi connectivity index (χ4v) is 5.12. The first-order valence-corrected chi connectivity index (χ1v) is 14.2. The van der Waals surface area contributed by atoms with Crippen LogP contribution in [0.15, 0.2) is 61.1 Å². The van der Waals surface area contributed by atoms with Crippen LogP contribution in [0.3, 0.4) is 0 Å². The van der Waals surface area contributed by atoms with Crippen LogP contribution in [0.4, 0.5) is 11.5 Å². The van der Waals surface area contributed by atoms with E-state index in [4.69, 9.17) is 9.84 Å².